The molecule has 2 heteroatoms. The second-order valence-corrected chi connectivity index (χ2v) is 6.17. The van der Waals surface area contributed by atoms with Gasteiger partial charge in [-0.05, 0) is 62.2 Å². The maximum Gasteiger partial charge on any atom is 0.0483 e. The van der Waals surface area contributed by atoms with Crippen molar-refractivity contribution in [2.45, 2.75) is 51.6 Å². The highest BCUT2D eigenvalue weighted by atomic mass is 15.0. The van der Waals surface area contributed by atoms with Crippen LogP contribution < -0.4 is 5.32 Å². The molecule has 1 atom stereocenters. The molecule has 1 aromatic carbocycles. The van der Waals surface area contributed by atoms with E-state index in [2.05, 4.69) is 54.2 Å². The summed E-state index contributed by atoms with van der Waals surface area (Å²) in [6, 6.07) is 9.18. The first-order chi connectivity index (χ1) is 9.20. The Morgan fingerprint density at radius 2 is 2.21 bits per heavy atom. The molecule has 1 aliphatic rings. The van der Waals surface area contributed by atoms with Gasteiger partial charge in [-0.15, -0.1) is 0 Å². The van der Waals surface area contributed by atoms with Crippen LogP contribution in [0.1, 0.15) is 38.7 Å². The van der Waals surface area contributed by atoms with Crippen molar-refractivity contribution in [2.75, 3.05) is 6.54 Å². The van der Waals surface area contributed by atoms with Crippen molar-refractivity contribution >= 4 is 10.9 Å². The summed E-state index contributed by atoms with van der Waals surface area (Å²) in [6.07, 6.45) is 7.15. The molecule has 2 aromatic rings. The number of fused-ring (bicyclic) bond motifs is 1. The lowest BCUT2D eigenvalue weighted by molar-refractivity contribution is 0.413. The molecule has 0 radical (unpaired) electrons. The highest BCUT2D eigenvalue weighted by molar-refractivity contribution is 5.80. The van der Waals surface area contributed by atoms with Crippen molar-refractivity contribution < 1.29 is 0 Å². The molecule has 2 heterocycles. The number of hydrogen-bond donors (Lipinski definition) is 1. The van der Waals surface area contributed by atoms with Crippen molar-refractivity contribution in [3.05, 3.63) is 36.0 Å². The third-order valence-corrected chi connectivity index (χ3v) is 4.35. The van der Waals surface area contributed by atoms with Crippen molar-refractivity contribution in [1.29, 1.82) is 0 Å². The quantitative estimate of drug-likeness (QED) is 0.882. The summed E-state index contributed by atoms with van der Waals surface area (Å²) in [5.41, 5.74) is 3.15. The van der Waals surface area contributed by atoms with Crippen molar-refractivity contribution in [1.82, 2.24) is 9.88 Å². The second kappa shape index (κ2) is 5.01. The van der Waals surface area contributed by atoms with Gasteiger partial charge in [-0.3, -0.25) is 0 Å². The average molecular weight is 256 g/mol. The zero-order valence-corrected chi connectivity index (χ0v) is 12.1. The summed E-state index contributed by atoms with van der Waals surface area (Å²) in [5.74, 6) is 0. The van der Waals surface area contributed by atoms with Crippen LogP contribution in [-0.4, -0.2) is 16.7 Å². The Hall–Kier alpha value is -1.28. The maximum absolute atomic E-state index is 3.66. The minimum Gasteiger partial charge on any atom is -0.347 e. The van der Waals surface area contributed by atoms with Gasteiger partial charge < -0.3 is 9.88 Å². The lowest BCUT2D eigenvalue weighted by Gasteiger charge is -2.24. The van der Waals surface area contributed by atoms with Crippen molar-refractivity contribution in [3.63, 3.8) is 0 Å². The Labute approximate surface area is 115 Å². The molecule has 1 aromatic heterocycles. The molecule has 1 fully saturated rings. The number of rotatable bonds is 4. The maximum atomic E-state index is 3.66. The fourth-order valence-corrected chi connectivity index (χ4v) is 3.33. The number of nitrogens with one attached hydrogen (secondary N) is 1. The third-order valence-electron chi connectivity index (χ3n) is 4.35. The molecular formula is C17H24N2. The van der Waals surface area contributed by atoms with E-state index in [-0.39, 0.29) is 0 Å². The fraction of sp³-hybridized carbons (Fsp3) is 0.529. The molecule has 0 spiro atoms. The number of hydrogen-bond acceptors (Lipinski definition) is 1. The largest absolute Gasteiger partial charge is 0.347 e. The van der Waals surface area contributed by atoms with Crippen LogP contribution in [0.2, 0.25) is 0 Å². The van der Waals surface area contributed by atoms with Gasteiger partial charge in [-0.2, -0.15) is 0 Å². The predicted molar refractivity (Wildman–Crippen MR) is 81.6 cm³/mol. The Balaban J connectivity index is 1.89. The van der Waals surface area contributed by atoms with E-state index in [4.69, 9.17) is 0 Å². The van der Waals surface area contributed by atoms with Gasteiger partial charge in [0.1, 0.15) is 0 Å². The van der Waals surface area contributed by atoms with Crippen molar-refractivity contribution in [3.8, 4) is 0 Å². The monoisotopic (exact) mass is 256 g/mol. The molecule has 0 unspecified atom stereocenters. The fourth-order valence-electron chi connectivity index (χ4n) is 3.33. The molecule has 102 valence electrons. The number of benzene rings is 1. The molecule has 0 bridgehead atoms. The number of nitrogens with zero attached hydrogens (tertiary/aromatic N) is 1. The van der Waals surface area contributed by atoms with Crippen LogP contribution in [-0.2, 0) is 13.0 Å². The van der Waals surface area contributed by atoms with E-state index < -0.39 is 0 Å². The normalized spacial score (nSPS) is 23.3. The Bertz CT molecular complexity index is 562. The number of aromatic nitrogens is 1. The molecule has 1 aliphatic heterocycles. The first kappa shape index (κ1) is 12.7. The van der Waals surface area contributed by atoms with Crippen LogP contribution in [0.25, 0.3) is 10.9 Å². The second-order valence-electron chi connectivity index (χ2n) is 6.17. The van der Waals surface area contributed by atoms with Gasteiger partial charge in [-0.1, -0.05) is 19.1 Å². The molecular weight excluding hydrogens is 232 g/mol. The van der Waals surface area contributed by atoms with Crippen molar-refractivity contribution in [2.24, 2.45) is 0 Å². The predicted octanol–water partition coefficient (Wildman–Crippen LogP) is 3.74. The average Bonchev–Trinajstić information content (AvgIpc) is 2.98. The summed E-state index contributed by atoms with van der Waals surface area (Å²) in [5, 5.41) is 5.02. The summed E-state index contributed by atoms with van der Waals surface area (Å²) in [6.45, 7) is 6.88. The molecule has 2 nitrogen and oxygen atoms in total. The van der Waals surface area contributed by atoms with E-state index >= 15 is 0 Å². The Morgan fingerprint density at radius 3 is 2.95 bits per heavy atom. The molecule has 19 heavy (non-hydrogen) atoms. The van der Waals surface area contributed by atoms with Crippen LogP contribution in [0, 0.1) is 0 Å². The van der Waals surface area contributed by atoms with E-state index in [0.29, 0.717) is 5.54 Å². The summed E-state index contributed by atoms with van der Waals surface area (Å²) >= 11 is 0. The number of aryl methyl sites for hydroxylation is 1. The van der Waals surface area contributed by atoms with E-state index in [1.165, 1.54) is 42.3 Å². The lowest BCUT2D eigenvalue weighted by atomic mass is 9.91. The topological polar surface area (TPSA) is 17.0 Å². The lowest BCUT2D eigenvalue weighted by Crippen LogP contribution is -2.38. The van der Waals surface area contributed by atoms with Gasteiger partial charge in [0.15, 0.2) is 0 Å². The minimum absolute atomic E-state index is 0.301. The third kappa shape index (κ3) is 2.55. The van der Waals surface area contributed by atoms with Crippen LogP contribution in [0.3, 0.4) is 0 Å². The molecule has 0 amide bonds. The molecule has 1 saturated heterocycles. The molecule has 0 aliphatic carbocycles. The first-order valence-electron chi connectivity index (χ1n) is 7.53. The Kier molecular flexibility index (Phi) is 3.36. The SMILES string of the molecule is CCCn1ccc2ccc(C[C@]3(C)CCCN3)cc21. The molecule has 0 saturated carbocycles. The van der Waals surface area contributed by atoms with Gasteiger partial charge in [0.25, 0.3) is 0 Å². The van der Waals surface area contributed by atoms with Crippen LogP contribution in [0.15, 0.2) is 30.5 Å². The molecule has 3 rings (SSSR count). The summed E-state index contributed by atoms with van der Waals surface area (Å²) in [4.78, 5) is 0. The van der Waals surface area contributed by atoms with Gasteiger partial charge in [0.2, 0.25) is 0 Å². The van der Waals surface area contributed by atoms with Crippen LogP contribution in [0.4, 0.5) is 0 Å². The van der Waals surface area contributed by atoms with E-state index in [1.807, 2.05) is 0 Å². The van der Waals surface area contributed by atoms with E-state index in [0.717, 1.165) is 13.0 Å². The standard InChI is InChI=1S/C17H24N2/c1-3-10-19-11-7-15-6-5-14(12-16(15)19)13-17(2)8-4-9-18-17/h5-7,11-12,18H,3-4,8-10,13H2,1-2H3/t17-/m0/s1. The summed E-state index contributed by atoms with van der Waals surface area (Å²) in [7, 11) is 0. The first-order valence-corrected chi connectivity index (χ1v) is 7.53. The minimum atomic E-state index is 0.301. The highest BCUT2D eigenvalue weighted by Gasteiger charge is 2.28. The zero-order chi connectivity index (χ0) is 13.3. The molecule has 1 N–H and O–H groups in total. The smallest absolute Gasteiger partial charge is 0.0483 e. The van der Waals surface area contributed by atoms with Gasteiger partial charge in [-0.25, -0.2) is 0 Å². The van der Waals surface area contributed by atoms with Crippen LogP contribution in [0.5, 0.6) is 0 Å². The van der Waals surface area contributed by atoms with E-state index in [1.54, 1.807) is 0 Å². The van der Waals surface area contributed by atoms with Gasteiger partial charge in [0, 0.05) is 23.8 Å². The van der Waals surface area contributed by atoms with Gasteiger partial charge >= 0.3 is 0 Å². The van der Waals surface area contributed by atoms with E-state index in [9.17, 15) is 0 Å². The zero-order valence-electron chi connectivity index (χ0n) is 12.1. The Morgan fingerprint density at radius 1 is 1.32 bits per heavy atom. The van der Waals surface area contributed by atoms with Crippen LogP contribution >= 0.6 is 0 Å². The highest BCUT2D eigenvalue weighted by Crippen LogP contribution is 2.26. The summed E-state index contributed by atoms with van der Waals surface area (Å²) < 4.78 is 2.38. The van der Waals surface area contributed by atoms with Gasteiger partial charge in [0.05, 0.1) is 0 Å².